The van der Waals surface area contributed by atoms with Gasteiger partial charge in [-0.3, -0.25) is 4.79 Å². The van der Waals surface area contributed by atoms with Crippen molar-refractivity contribution in [3.05, 3.63) is 59.0 Å². The summed E-state index contributed by atoms with van der Waals surface area (Å²) in [5, 5.41) is 7.50. The second kappa shape index (κ2) is 8.27. The molecular weight excluding hydrogens is 413 g/mol. The lowest BCUT2D eigenvalue weighted by Crippen LogP contribution is -2.32. The smallest absolute Gasteiger partial charge is 0.272 e. The number of ether oxygens (including phenoxy) is 3. The second-order valence-corrected chi connectivity index (χ2v) is 7.93. The Hall–Kier alpha value is -3.39. The number of hydrogen-bond acceptors (Lipinski definition) is 5. The van der Waals surface area contributed by atoms with E-state index in [2.05, 4.69) is 10.4 Å². The van der Waals surface area contributed by atoms with E-state index in [0.29, 0.717) is 30.2 Å². The Morgan fingerprint density at radius 1 is 1.25 bits per heavy atom. The van der Waals surface area contributed by atoms with Gasteiger partial charge in [-0.1, -0.05) is 12.1 Å². The molecule has 1 aliphatic heterocycles. The molecule has 0 bridgehead atoms. The maximum Gasteiger partial charge on any atom is 0.272 e. The highest BCUT2D eigenvalue weighted by atomic mass is 19.1. The summed E-state index contributed by atoms with van der Waals surface area (Å²) < 4.78 is 32.8. The molecule has 0 unspecified atom stereocenters. The van der Waals surface area contributed by atoms with Crippen molar-refractivity contribution in [3.63, 3.8) is 0 Å². The van der Waals surface area contributed by atoms with Gasteiger partial charge in [0.15, 0.2) is 17.2 Å². The number of aromatic nitrogens is 2. The van der Waals surface area contributed by atoms with Gasteiger partial charge in [0.05, 0.1) is 26.0 Å². The molecule has 32 heavy (non-hydrogen) atoms. The molecule has 0 radical (unpaired) electrons. The zero-order valence-corrected chi connectivity index (χ0v) is 18.0. The first-order valence-electron chi connectivity index (χ1n) is 10.6. The summed E-state index contributed by atoms with van der Waals surface area (Å²) in [6, 6.07) is 10.1. The summed E-state index contributed by atoms with van der Waals surface area (Å²) >= 11 is 0. The van der Waals surface area contributed by atoms with Crippen LogP contribution in [-0.2, 0) is 11.2 Å². The quantitative estimate of drug-likeness (QED) is 0.500. The number of para-hydroxylation sites is 1. The number of nitrogens with zero attached hydrogens (tertiary/aromatic N) is 2. The molecule has 0 spiro atoms. The average molecular weight is 437 g/mol. The molecule has 1 saturated heterocycles. The van der Waals surface area contributed by atoms with Crippen molar-refractivity contribution in [2.24, 2.45) is 0 Å². The molecule has 1 atom stereocenters. The first kappa shape index (κ1) is 20.5. The summed E-state index contributed by atoms with van der Waals surface area (Å²) in [4.78, 5) is 13.1. The SMILES string of the molecule is COc1cc2c(cc1OC)-c1c(c(C(=O)NC[C@@H]3CCCO3)nn1-c1ccccc1F)C2. The Balaban J connectivity index is 1.60. The van der Waals surface area contributed by atoms with Crippen LogP contribution in [0, 0.1) is 5.82 Å². The van der Waals surface area contributed by atoms with Crippen LogP contribution < -0.4 is 14.8 Å². The summed E-state index contributed by atoms with van der Waals surface area (Å²) in [5.74, 6) is 0.451. The third-order valence-corrected chi connectivity index (χ3v) is 6.03. The van der Waals surface area contributed by atoms with Crippen LogP contribution in [0.25, 0.3) is 16.9 Å². The number of carbonyl (C=O) groups excluding carboxylic acids is 1. The summed E-state index contributed by atoms with van der Waals surface area (Å²) in [7, 11) is 3.15. The largest absolute Gasteiger partial charge is 0.493 e. The van der Waals surface area contributed by atoms with Gasteiger partial charge < -0.3 is 19.5 Å². The molecule has 1 amide bonds. The summed E-state index contributed by atoms with van der Waals surface area (Å²) in [6.07, 6.45) is 2.43. The van der Waals surface area contributed by atoms with E-state index in [1.165, 1.54) is 10.7 Å². The molecule has 1 fully saturated rings. The van der Waals surface area contributed by atoms with E-state index in [0.717, 1.165) is 36.1 Å². The normalized spacial score (nSPS) is 16.5. The molecule has 1 aliphatic carbocycles. The Morgan fingerprint density at radius 3 is 2.75 bits per heavy atom. The summed E-state index contributed by atoms with van der Waals surface area (Å²) in [5.41, 5.74) is 3.82. The number of carbonyl (C=O) groups is 1. The van der Waals surface area contributed by atoms with Gasteiger partial charge in [0, 0.05) is 30.7 Å². The highest BCUT2D eigenvalue weighted by Crippen LogP contribution is 2.45. The lowest BCUT2D eigenvalue weighted by atomic mass is 10.1. The number of hydrogen-bond donors (Lipinski definition) is 1. The van der Waals surface area contributed by atoms with E-state index < -0.39 is 5.82 Å². The molecule has 2 aromatic carbocycles. The zero-order valence-electron chi connectivity index (χ0n) is 18.0. The van der Waals surface area contributed by atoms with Crippen LogP contribution in [0.3, 0.4) is 0 Å². The maximum atomic E-state index is 14.7. The van der Waals surface area contributed by atoms with Gasteiger partial charge in [-0.05, 0) is 42.7 Å². The minimum atomic E-state index is -0.418. The molecule has 2 aliphatic rings. The van der Waals surface area contributed by atoms with Crippen molar-refractivity contribution in [1.29, 1.82) is 0 Å². The Labute approximate surface area is 185 Å². The van der Waals surface area contributed by atoms with E-state index >= 15 is 0 Å². The van der Waals surface area contributed by atoms with Crippen molar-refractivity contribution in [3.8, 4) is 28.4 Å². The first-order valence-corrected chi connectivity index (χ1v) is 10.6. The lowest BCUT2D eigenvalue weighted by Gasteiger charge is -2.13. The van der Waals surface area contributed by atoms with Crippen LogP contribution in [0.1, 0.15) is 34.5 Å². The van der Waals surface area contributed by atoms with Crippen LogP contribution in [0.4, 0.5) is 4.39 Å². The molecule has 3 aromatic rings. The van der Waals surface area contributed by atoms with Crippen molar-refractivity contribution < 1.29 is 23.4 Å². The van der Waals surface area contributed by atoms with E-state index in [1.807, 2.05) is 12.1 Å². The fourth-order valence-electron chi connectivity index (χ4n) is 4.45. The van der Waals surface area contributed by atoms with E-state index in [1.54, 1.807) is 32.4 Å². The Bertz CT molecular complexity index is 1180. The third kappa shape index (κ3) is 3.40. The standard InChI is InChI=1S/C24H24FN3O4/c1-30-20-11-14-10-17-22(24(29)26-13-15-6-5-9-32-15)27-28(19-8-4-3-7-18(19)25)23(17)16(14)12-21(20)31-2/h3-4,7-8,11-12,15H,5-6,9-10,13H2,1-2H3,(H,26,29)/t15-/m0/s1. The van der Waals surface area contributed by atoms with Crippen molar-refractivity contribution in [2.75, 3.05) is 27.4 Å². The average Bonchev–Trinajstić information content (AvgIpc) is 3.53. The fourth-order valence-corrected chi connectivity index (χ4v) is 4.45. The maximum absolute atomic E-state index is 14.7. The molecule has 8 heteroatoms. The van der Waals surface area contributed by atoms with Crippen LogP contribution in [0.5, 0.6) is 11.5 Å². The number of nitrogens with one attached hydrogen (secondary N) is 1. The highest BCUT2D eigenvalue weighted by molar-refractivity contribution is 5.97. The Kier molecular flexibility index (Phi) is 5.30. The number of halogens is 1. The summed E-state index contributed by atoms with van der Waals surface area (Å²) in [6.45, 7) is 1.14. The minimum Gasteiger partial charge on any atom is -0.493 e. The molecule has 5 rings (SSSR count). The molecule has 0 saturated carbocycles. The first-order chi connectivity index (χ1) is 15.6. The molecule has 1 aromatic heterocycles. The number of benzene rings is 2. The van der Waals surface area contributed by atoms with Crippen molar-refractivity contribution >= 4 is 5.91 Å². The van der Waals surface area contributed by atoms with Gasteiger partial charge in [-0.2, -0.15) is 5.10 Å². The fraction of sp³-hybridized carbons (Fsp3) is 0.333. The van der Waals surface area contributed by atoms with E-state index in [9.17, 15) is 9.18 Å². The highest BCUT2D eigenvalue weighted by Gasteiger charge is 2.33. The number of rotatable bonds is 6. The molecule has 166 valence electrons. The number of amides is 1. The van der Waals surface area contributed by atoms with Crippen LogP contribution in [0.15, 0.2) is 36.4 Å². The minimum absolute atomic E-state index is 0.0198. The zero-order chi connectivity index (χ0) is 22.2. The van der Waals surface area contributed by atoms with E-state index in [-0.39, 0.29) is 23.4 Å². The van der Waals surface area contributed by atoms with Gasteiger partial charge in [-0.25, -0.2) is 9.07 Å². The van der Waals surface area contributed by atoms with Crippen molar-refractivity contribution in [1.82, 2.24) is 15.1 Å². The predicted molar refractivity (Wildman–Crippen MR) is 116 cm³/mol. The van der Waals surface area contributed by atoms with Gasteiger partial charge in [-0.15, -0.1) is 0 Å². The van der Waals surface area contributed by atoms with Crippen LogP contribution in [-0.4, -0.2) is 49.2 Å². The van der Waals surface area contributed by atoms with Gasteiger partial charge >= 0.3 is 0 Å². The van der Waals surface area contributed by atoms with Crippen LogP contribution >= 0.6 is 0 Å². The monoisotopic (exact) mass is 437 g/mol. The third-order valence-electron chi connectivity index (χ3n) is 6.03. The molecule has 7 nitrogen and oxygen atoms in total. The lowest BCUT2D eigenvalue weighted by molar-refractivity contribution is 0.0852. The topological polar surface area (TPSA) is 74.6 Å². The van der Waals surface area contributed by atoms with Crippen molar-refractivity contribution in [2.45, 2.75) is 25.4 Å². The molecule has 2 heterocycles. The van der Waals surface area contributed by atoms with Gasteiger partial charge in [0.1, 0.15) is 11.5 Å². The molecular formula is C24H24FN3O4. The number of methoxy groups -OCH3 is 2. The molecule has 1 N–H and O–H groups in total. The van der Waals surface area contributed by atoms with Gasteiger partial charge in [0.2, 0.25) is 0 Å². The van der Waals surface area contributed by atoms with E-state index in [4.69, 9.17) is 14.2 Å². The second-order valence-electron chi connectivity index (χ2n) is 7.93. The van der Waals surface area contributed by atoms with Crippen LogP contribution in [0.2, 0.25) is 0 Å². The Morgan fingerprint density at radius 2 is 2.03 bits per heavy atom. The predicted octanol–water partition coefficient (Wildman–Crippen LogP) is 3.51. The van der Waals surface area contributed by atoms with Gasteiger partial charge in [0.25, 0.3) is 5.91 Å². The number of fused-ring (bicyclic) bond motifs is 3.